The van der Waals surface area contributed by atoms with Crippen molar-refractivity contribution in [1.82, 2.24) is 5.32 Å². The fourth-order valence-electron chi connectivity index (χ4n) is 2.99. The molecule has 1 N–H and O–H groups in total. The van der Waals surface area contributed by atoms with Crippen molar-refractivity contribution in [3.63, 3.8) is 0 Å². The maximum absolute atomic E-state index is 5.68. The topological polar surface area (TPSA) is 21.3 Å². The first-order valence-electron chi connectivity index (χ1n) is 6.90. The Hall–Kier alpha value is -0.500. The maximum atomic E-state index is 5.68. The molecule has 92 valence electrons. The van der Waals surface area contributed by atoms with Crippen molar-refractivity contribution in [2.45, 2.75) is 57.4 Å². The molecule has 1 atom stereocenters. The van der Waals surface area contributed by atoms with Crippen LogP contribution < -0.4 is 5.32 Å². The van der Waals surface area contributed by atoms with E-state index in [1.165, 1.54) is 50.7 Å². The molecular weight excluding hydrogens is 198 g/mol. The molecule has 0 aromatic carbocycles. The summed E-state index contributed by atoms with van der Waals surface area (Å²) in [6.45, 7) is 0.887. The SMILES string of the molecule is CNC(CC1CCCCCC1)C1=CCCO1. The number of rotatable bonds is 4. The van der Waals surface area contributed by atoms with Crippen LogP contribution in [0.3, 0.4) is 0 Å². The van der Waals surface area contributed by atoms with Crippen molar-refractivity contribution >= 4 is 0 Å². The summed E-state index contributed by atoms with van der Waals surface area (Å²) in [7, 11) is 2.06. The molecule has 0 aromatic heterocycles. The van der Waals surface area contributed by atoms with E-state index in [9.17, 15) is 0 Å². The van der Waals surface area contributed by atoms with Crippen LogP contribution in [-0.4, -0.2) is 19.7 Å². The van der Waals surface area contributed by atoms with Crippen molar-refractivity contribution in [2.75, 3.05) is 13.7 Å². The van der Waals surface area contributed by atoms with E-state index in [0.29, 0.717) is 6.04 Å². The number of ether oxygens (including phenoxy) is 1. The van der Waals surface area contributed by atoms with Gasteiger partial charge in [-0.1, -0.05) is 38.5 Å². The quantitative estimate of drug-likeness (QED) is 0.739. The third-order valence-electron chi connectivity index (χ3n) is 3.97. The van der Waals surface area contributed by atoms with Crippen molar-refractivity contribution in [2.24, 2.45) is 5.92 Å². The molecule has 2 rings (SSSR count). The normalized spacial score (nSPS) is 24.7. The van der Waals surface area contributed by atoms with Crippen molar-refractivity contribution in [3.8, 4) is 0 Å². The van der Waals surface area contributed by atoms with Gasteiger partial charge in [-0.05, 0) is 25.5 Å². The van der Waals surface area contributed by atoms with Crippen molar-refractivity contribution < 1.29 is 4.74 Å². The summed E-state index contributed by atoms with van der Waals surface area (Å²) in [4.78, 5) is 0. The summed E-state index contributed by atoms with van der Waals surface area (Å²) >= 11 is 0. The zero-order chi connectivity index (χ0) is 11.2. The molecule has 1 aliphatic carbocycles. The highest BCUT2D eigenvalue weighted by molar-refractivity contribution is 5.07. The van der Waals surface area contributed by atoms with Gasteiger partial charge in [0.15, 0.2) is 0 Å². The standard InChI is InChI=1S/C14H25NO/c1-15-13(14-9-6-10-16-14)11-12-7-4-2-3-5-8-12/h9,12-13,15H,2-8,10-11H2,1H3. The summed E-state index contributed by atoms with van der Waals surface area (Å²) in [6, 6.07) is 0.464. The Morgan fingerprint density at radius 2 is 2.06 bits per heavy atom. The molecule has 1 fully saturated rings. The van der Waals surface area contributed by atoms with Gasteiger partial charge in [-0.3, -0.25) is 0 Å². The lowest BCUT2D eigenvalue weighted by Crippen LogP contribution is -2.30. The minimum atomic E-state index is 0.464. The Morgan fingerprint density at radius 3 is 2.62 bits per heavy atom. The first-order chi connectivity index (χ1) is 7.90. The molecule has 0 radical (unpaired) electrons. The fraction of sp³-hybridized carbons (Fsp3) is 0.857. The van der Waals surface area contributed by atoms with Gasteiger partial charge in [0.2, 0.25) is 0 Å². The van der Waals surface area contributed by atoms with Crippen LogP contribution in [0.5, 0.6) is 0 Å². The van der Waals surface area contributed by atoms with Gasteiger partial charge in [0.05, 0.1) is 12.6 Å². The van der Waals surface area contributed by atoms with Crippen LogP contribution in [0.15, 0.2) is 11.8 Å². The molecule has 2 aliphatic rings. The minimum Gasteiger partial charge on any atom is -0.496 e. The summed E-state index contributed by atoms with van der Waals surface area (Å²) in [5.41, 5.74) is 0. The van der Waals surface area contributed by atoms with Gasteiger partial charge in [-0.25, -0.2) is 0 Å². The largest absolute Gasteiger partial charge is 0.496 e. The molecule has 0 spiro atoms. The fourth-order valence-corrected chi connectivity index (χ4v) is 2.99. The second-order valence-electron chi connectivity index (χ2n) is 5.18. The van der Waals surface area contributed by atoms with Gasteiger partial charge in [0.1, 0.15) is 5.76 Å². The second kappa shape index (κ2) is 6.29. The Balaban J connectivity index is 1.84. The lowest BCUT2D eigenvalue weighted by molar-refractivity contribution is 0.204. The number of likely N-dealkylation sites (N-methyl/N-ethyl adjacent to an activating group) is 1. The van der Waals surface area contributed by atoms with Crippen LogP contribution in [-0.2, 0) is 4.74 Å². The second-order valence-corrected chi connectivity index (χ2v) is 5.18. The van der Waals surface area contributed by atoms with Crippen LogP contribution in [0.2, 0.25) is 0 Å². The van der Waals surface area contributed by atoms with E-state index in [-0.39, 0.29) is 0 Å². The van der Waals surface area contributed by atoms with Gasteiger partial charge in [0.25, 0.3) is 0 Å². The molecule has 0 amide bonds. The molecule has 1 aliphatic heterocycles. The smallest absolute Gasteiger partial charge is 0.109 e. The van der Waals surface area contributed by atoms with E-state index in [2.05, 4.69) is 18.4 Å². The Labute approximate surface area is 99.4 Å². The van der Waals surface area contributed by atoms with Crippen LogP contribution in [0.1, 0.15) is 51.4 Å². The van der Waals surface area contributed by atoms with E-state index >= 15 is 0 Å². The molecule has 1 unspecified atom stereocenters. The summed E-state index contributed by atoms with van der Waals surface area (Å²) in [6.07, 6.45) is 13.2. The Kier molecular flexibility index (Phi) is 4.70. The van der Waals surface area contributed by atoms with Gasteiger partial charge in [-0.2, -0.15) is 0 Å². The van der Waals surface area contributed by atoms with Crippen LogP contribution in [0.4, 0.5) is 0 Å². The molecule has 16 heavy (non-hydrogen) atoms. The van der Waals surface area contributed by atoms with Crippen molar-refractivity contribution in [3.05, 3.63) is 11.8 Å². The molecular formula is C14H25NO. The summed E-state index contributed by atoms with van der Waals surface area (Å²) in [5, 5.41) is 3.42. The molecule has 1 heterocycles. The van der Waals surface area contributed by atoms with E-state index in [1.54, 1.807) is 0 Å². The van der Waals surface area contributed by atoms with E-state index in [0.717, 1.165) is 18.9 Å². The van der Waals surface area contributed by atoms with Gasteiger partial charge in [0, 0.05) is 6.42 Å². The maximum Gasteiger partial charge on any atom is 0.109 e. The third-order valence-corrected chi connectivity index (χ3v) is 3.97. The number of nitrogens with one attached hydrogen (secondary N) is 1. The zero-order valence-corrected chi connectivity index (χ0v) is 10.5. The average Bonchev–Trinajstić information content (AvgIpc) is 2.71. The Morgan fingerprint density at radius 1 is 1.31 bits per heavy atom. The molecule has 1 saturated carbocycles. The molecule has 0 aromatic rings. The predicted molar refractivity (Wildman–Crippen MR) is 67.3 cm³/mol. The highest BCUT2D eigenvalue weighted by Gasteiger charge is 2.22. The van der Waals surface area contributed by atoms with Crippen LogP contribution in [0.25, 0.3) is 0 Å². The lowest BCUT2D eigenvalue weighted by Gasteiger charge is -2.23. The monoisotopic (exact) mass is 223 g/mol. The van der Waals surface area contributed by atoms with Gasteiger partial charge < -0.3 is 10.1 Å². The third kappa shape index (κ3) is 3.24. The number of hydrogen-bond acceptors (Lipinski definition) is 2. The minimum absolute atomic E-state index is 0.464. The summed E-state index contributed by atoms with van der Waals surface area (Å²) < 4.78 is 5.68. The molecule has 0 saturated heterocycles. The van der Waals surface area contributed by atoms with Crippen molar-refractivity contribution in [1.29, 1.82) is 0 Å². The zero-order valence-electron chi connectivity index (χ0n) is 10.5. The molecule has 2 heteroatoms. The van der Waals surface area contributed by atoms with Gasteiger partial charge in [-0.15, -0.1) is 0 Å². The molecule has 0 bridgehead atoms. The lowest BCUT2D eigenvalue weighted by atomic mass is 9.92. The van der Waals surface area contributed by atoms with Crippen LogP contribution >= 0.6 is 0 Å². The highest BCUT2D eigenvalue weighted by Crippen LogP contribution is 2.29. The van der Waals surface area contributed by atoms with Gasteiger partial charge >= 0.3 is 0 Å². The Bertz CT molecular complexity index is 229. The first-order valence-corrected chi connectivity index (χ1v) is 6.90. The average molecular weight is 223 g/mol. The van der Waals surface area contributed by atoms with E-state index in [4.69, 9.17) is 4.74 Å². The number of hydrogen-bond donors (Lipinski definition) is 1. The molecule has 2 nitrogen and oxygen atoms in total. The predicted octanol–water partition coefficient (Wildman–Crippen LogP) is 3.24. The van der Waals surface area contributed by atoms with E-state index < -0.39 is 0 Å². The summed E-state index contributed by atoms with van der Waals surface area (Å²) in [5.74, 6) is 2.11. The highest BCUT2D eigenvalue weighted by atomic mass is 16.5. The van der Waals surface area contributed by atoms with Crippen LogP contribution in [0, 0.1) is 5.92 Å². The first kappa shape index (κ1) is 12.0. The van der Waals surface area contributed by atoms with E-state index in [1.807, 2.05) is 0 Å².